The quantitative estimate of drug-likeness (QED) is 0.722. The fourth-order valence-corrected chi connectivity index (χ4v) is 3.77. The molecule has 0 aliphatic heterocycles. The summed E-state index contributed by atoms with van der Waals surface area (Å²) >= 11 is 11.4. The Kier molecular flexibility index (Phi) is 5.90. The van der Waals surface area contributed by atoms with Crippen molar-refractivity contribution >= 4 is 38.9 Å². The predicted molar refractivity (Wildman–Crippen MR) is 90.1 cm³/mol. The molecule has 2 rings (SSSR count). The zero-order chi connectivity index (χ0) is 14.5. The second-order valence-electron chi connectivity index (χ2n) is 4.57. The van der Waals surface area contributed by atoms with Gasteiger partial charge in [-0.05, 0) is 43.7 Å². The molecule has 2 nitrogen and oxygen atoms in total. The van der Waals surface area contributed by atoms with E-state index in [1.165, 1.54) is 9.75 Å². The highest BCUT2D eigenvalue weighted by atomic mass is 79.9. The van der Waals surface area contributed by atoms with Crippen LogP contribution in [0.2, 0.25) is 5.02 Å². The number of thiophene rings is 1. The first-order valence-electron chi connectivity index (χ1n) is 6.41. The average molecular weight is 375 g/mol. The van der Waals surface area contributed by atoms with Crippen molar-refractivity contribution in [3.63, 3.8) is 0 Å². The topological polar surface area (TPSA) is 21.3 Å². The summed E-state index contributed by atoms with van der Waals surface area (Å²) in [5.74, 6) is 0.767. The summed E-state index contributed by atoms with van der Waals surface area (Å²) in [5.41, 5.74) is 1.04. The molecule has 1 aromatic heterocycles. The summed E-state index contributed by atoms with van der Waals surface area (Å²) in [6, 6.07) is 8.15. The van der Waals surface area contributed by atoms with Crippen molar-refractivity contribution in [1.29, 1.82) is 0 Å². The van der Waals surface area contributed by atoms with Crippen molar-refractivity contribution in [2.75, 3.05) is 13.2 Å². The SMILES string of the molecule is Cc1ccc(CNCCOc2c(C)cc(Br)cc2Cl)s1. The number of benzene rings is 1. The van der Waals surface area contributed by atoms with Gasteiger partial charge in [-0.25, -0.2) is 0 Å². The zero-order valence-electron chi connectivity index (χ0n) is 11.5. The number of nitrogens with one attached hydrogen (secondary N) is 1. The van der Waals surface area contributed by atoms with Gasteiger partial charge in [-0.3, -0.25) is 0 Å². The number of hydrogen-bond donors (Lipinski definition) is 1. The van der Waals surface area contributed by atoms with Gasteiger partial charge >= 0.3 is 0 Å². The van der Waals surface area contributed by atoms with E-state index in [-0.39, 0.29) is 0 Å². The third kappa shape index (κ3) is 4.48. The molecule has 0 radical (unpaired) electrons. The summed E-state index contributed by atoms with van der Waals surface area (Å²) in [4.78, 5) is 2.69. The number of rotatable bonds is 6. The monoisotopic (exact) mass is 373 g/mol. The number of aryl methyl sites for hydroxylation is 2. The van der Waals surface area contributed by atoms with Crippen LogP contribution >= 0.6 is 38.9 Å². The molecule has 0 aliphatic carbocycles. The fraction of sp³-hybridized carbons (Fsp3) is 0.333. The maximum Gasteiger partial charge on any atom is 0.140 e. The van der Waals surface area contributed by atoms with Gasteiger partial charge in [-0.1, -0.05) is 27.5 Å². The van der Waals surface area contributed by atoms with Crippen molar-refractivity contribution in [3.05, 3.63) is 49.1 Å². The van der Waals surface area contributed by atoms with Crippen LogP contribution in [0, 0.1) is 13.8 Å². The molecule has 0 aliphatic rings. The Hall–Kier alpha value is -0.550. The van der Waals surface area contributed by atoms with E-state index in [2.05, 4.69) is 40.3 Å². The highest BCUT2D eigenvalue weighted by Gasteiger charge is 2.07. The first-order valence-corrected chi connectivity index (χ1v) is 8.39. The third-order valence-corrected chi connectivity index (χ3v) is 4.55. The van der Waals surface area contributed by atoms with Gasteiger partial charge in [0, 0.05) is 27.3 Å². The predicted octanol–water partition coefficient (Wildman–Crippen LogP) is 4.95. The molecule has 1 aromatic carbocycles. The van der Waals surface area contributed by atoms with Crippen molar-refractivity contribution in [3.8, 4) is 5.75 Å². The first kappa shape index (κ1) is 15.8. The molecular formula is C15H17BrClNOS. The molecular weight excluding hydrogens is 358 g/mol. The Bertz CT molecular complexity index is 562. The Morgan fingerprint density at radius 1 is 1.30 bits per heavy atom. The van der Waals surface area contributed by atoms with Crippen LogP contribution in [-0.2, 0) is 6.54 Å². The Morgan fingerprint density at radius 3 is 2.75 bits per heavy atom. The Morgan fingerprint density at radius 2 is 2.10 bits per heavy atom. The maximum atomic E-state index is 6.17. The summed E-state index contributed by atoms with van der Waals surface area (Å²) in [6.07, 6.45) is 0. The molecule has 2 aromatic rings. The van der Waals surface area contributed by atoms with Crippen LogP contribution in [0.4, 0.5) is 0 Å². The van der Waals surface area contributed by atoms with E-state index in [1.807, 2.05) is 30.4 Å². The van der Waals surface area contributed by atoms with Gasteiger partial charge in [-0.2, -0.15) is 0 Å². The maximum absolute atomic E-state index is 6.17. The number of hydrogen-bond acceptors (Lipinski definition) is 3. The van der Waals surface area contributed by atoms with Crippen LogP contribution in [0.1, 0.15) is 15.3 Å². The van der Waals surface area contributed by atoms with E-state index >= 15 is 0 Å². The van der Waals surface area contributed by atoms with Gasteiger partial charge < -0.3 is 10.1 Å². The summed E-state index contributed by atoms with van der Waals surface area (Å²) in [7, 11) is 0. The first-order chi connectivity index (χ1) is 9.56. The normalized spacial score (nSPS) is 10.8. The fourth-order valence-electron chi connectivity index (χ4n) is 1.89. The minimum absolute atomic E-state index is 0.604. The molecule has 0 saturated heterocycles. The Labute approximate surface area is 137 Å². The molecule has 0 spiro atoms. The van der Waals surface area contributed by atoms with Crippen LogP contribution in [-0.4, -0.2) is 13.2 Å². The smallest absolute Gasteiger partial charge is 0.140 e. The van der Waals surface area contributed by atoms with Gasteiger partial charge in [-0.15, -0.1) is 11.3 Å². The molecule has 0 bridgehead atoms. The van der Waals surface area contributed by atoms with Gasteiger partial charge in [0.15, 0.2) is 0 Å². The van der Waals surface area contributed by atoms with Crippen molar-refractivity contribution in [2.45, 2.75) is 20.4 Å². The molecule has 0 saturated carbocycles. The number of halogens is 2. The molecule has 0 atom stereocenters. The third-order valence-electron chi connectivity index (χ3n) is 2.81. The van der Waals surface area contributed by atoms with E-state index in [0.29, 0.717) is 11.6 Å². The summed E-state index contributed by atoms with van der Waals surface area (Å²) < 4.78 is 6.72. The molecule has 0 fully saturated rings. The van der Waals surface area contributed by atoms with Crippen molar-refractivity contribution in [2.24, 2.45) is 0 Å². The summed E-state index contributed by atoms with van der Waals surface area (Å²) in [6.45, 7) is 6.40. The van der Waals surface area contributed by atoms with Crippen molar-refractivity contribution < 1.29 is 4.74 Å². The lowest BCUT2D eigenvalue weighted by molar-refractivity contribution is 0.312. The zero-order valence-corrected chi connectivity index (χ0v) is 14.7. The van der Waals surface area contributed by atoms with Crippen molar-refractivity contribution in [1.82, 2.24) is 5.32 Å². The van der Waals surface area contributed by atoms with Gasteiger partial charge in [0.2, 0.25) is 0 Å². The minimum atomic E-state index is 0.604. The van der Waals surface area contributed by atoms with Gasteiger partial charge in [0.1, 0.15) is 12.4 Å². The van der Waals surface area contributed by atoms with Gasteiger partial charge in [0.05, 0.1) is 5.02 Å². The highest BCUT2D eigenvalue weighted by Crippen LogP contribution is 2.31. The molecule has 0 unspecified atom stereocenters. The standard InChI is InChI=1S/C15H17BrClNOS/c1-10-7-12(16)8-14(17)15(10)19-6-5-18-9-13-4-3-11(2)20-13/h3-4,7-8,18H,5-6,9H2,1-2H3. The molecule has 0 amide bonds. The molecule has 5 heteroatoms. The largest absolute Gasteiger partial charge is 0.490 e. The minimum Gasteiger partial charge on any atom is -0.490 e. The van der Waals surface area contributed by atoms with Crippen LogP contribution < -0.4 is 10.1 Å². The highest BCUT2D eigenvalue weighted by molar-refractivity contribution is 9.10. The molecule has 1 heterocycles. The van der Waals surface area contributed by atoms with E-state index in [1.54, 1.807) is 0 Å². The second-order valence-corrected chi connectivity index (χ2v) is 7.27. The molecule has 1 N–H and O–H groups in total. The lowest BCUT2D eigenvalue weighted by Gasteiger charge is -2.11. The second kappa shape index (κ2) is 7.46. The molecule has 20 heavy (non-hydrogen) atoms. The van der Waals surface area contributed by atoms with Gasteiger partial charge in [0.25, 0.3) is 0 Å². The summed E-state index contributed by atoms with van der Waals surface area (Å²) in [5, 5.41) is 4.01. The number of ether oxygens (including phenoxy) is 1. The van der Waals surface area contributed by atoms with E-state index < -0.39 is 0 Å². The van der Waals surface area contributed by atoms with E-state index in [9.17, 15) is 0 Å². The van der Waals surface area contributed by atoms with Crippen LogP contribution in [0.25, 0.3) is 0 Å². The van der Waals surface area contributed by atoms with E-state index in [0.717, 1.165) is 28.9 Å². The van der Waals surface area contributed by atoms with Crippen LogP contribution in [0.5, 0.6) is 5.75 Å². The van der Waals surface area contributed by atoms with Crippen LogP contribution in [0.15, 0.2) is 28.7 Å². The Balaban J connectivity index is 1.76. The molecule has 108 valence electrons. The van der Waals surface area contributed by atoms with E-state index in [4.69, 9.17) is 16.3 Å². The average Bonchev–Trinajstić information content (AvgIpc) is 2.77. The lowest BCUT2D eigenvalue weighted by atomic mass is 10.2. The van der Waals surface area contributed by atoms with Crippen LogP contribution in [0.3, 0.4) is 0 Å². The lowest BCUT2D eigenvalue weighted by Crippen LogP contribution is -2.20.